The highest BCUT2D eigenvalue weighted by Gasteiger charge is 2.18. The Kier molecular flexibility index (Phi) is 4.08. The number of rotatable bonds is 2. The number of hydrogen-bond acceptors (Lipinski definition) is 4. The normalized spacial score (nSPS) is 16.0. The molecule has 0 saturated carbocycles. The molecule has 0 atom stereocenters. The Labute approximate surface area is 149 Å². The van der Waals surface area contributed by atoms with Gasteiger partial charge in [0.2, 0.25) is 0 Å². The fourth-order valence-electron chi connectivity index (χ4n) is 2.95. The summed E-state index contributed by atoms with van der Waals surface area (Å²) < 4.78 is 0. The van der Waals surface area contributed by atoms with Gasteiger partial charge in [-0.05, 0) is 37.1 Å². The molecule has 2 aromatic heterocycles. The van der Waals surface area contributed by atoms with Gasteiger partial charge in [0.15, 0.2) is 0 Å². The van der Waals surface area contributed by atoms with Gasteiger partial charge in [-0.2, -0.15) is 0 Å². The van der Waals surface area contributed by atoms with Gasteiger partial charge in [0.05, 0.1) is 27.2 Å². The van der Waals surface area contributed by atoms with Crippen molar-refractivity contribution in [1.29, 1.82) is 0 Å². The largest absolute Gasteiger partial charge is 0.393 e. The number of imidazole rings is 1. The number of nitrogens with one attached hydrogen (secondary N) is 1. The topological polar surface area (TPSA) is 65.0 Å². The summed E-state index contributed by atoms with van der Waals surface area (Å²) in [6.45, 7) is 1.66. The molecule has 0 spiro atoms. The van der Waals surface area contributed by atoms with E-state index >= 15 is 0 Å². The van der Waals surface area contributed by atoms with Crippen LogP contribution in [0.1, 0.15) is 12.8 Å². The second kappa shape index (κ2) is 6.24. The van der Waals surface area contributed by atoms with Crippen molar-refractivity contribution in [3.63, 3.8) is 0 Å². The second-order valence-electron chi connectivity index (χ2n) is 5.99. The standard InChI is InChI=1S/C17H16Cl2N4O/c18-12-7-14-15(8-13(12)19)22-17(21-14)10-1-2-16(20-9-10)23-5-3-11(24)4-6-23/h1-2,7-9,11,24H,3-6H2,(H,21,22). The molecule has 3 heterocycles. The lowest BCUT2D eigenvalue weighted by molar-refractivity contribution is 0.145. The second-order valence-corrected chi connectivity index (χ2v) is 6.81. The number of pyridine rings is 1. The number of piperidine rings is 1. The first-order chi connectivity index (χ1) is 11.6. The van der Waals surface area contributed by atoms with Crippen molar-refractivity contribution >= 4 is 40.1 Å². The van der Waals surface area contributed by atoms with Gasteiger partial charge in [-0.1, -0.05) is 23.2 Å². The maximum Gasteiger partial charge on any atom is 0.140 e. The van der Waals surface area contributed by atoms with Crippen LogP contribution in [0.5, 0.6) is 0 Å². The Morgan fingerprint density at radius 2 is 1.88 bits per heavy atom. The third kappa shape index (κ3) is 2.95. The molecule has 0 amide bonds. The van der Waals surface area contributed by atoms with E-state index < -0.39 is 0 Å². The Hall–Kier alpha value is -1.82. The summed E-state index contributed by atoms with van der Waals surface area (Å²) in [5, 5.41) is 10.6. The van der Waals surface area contributed by atoms with Crippen LogP contribution in [0.2, 0.25) is 10.0 Å². The van der Waals surface area contributed by atoms with Gasteiger partial charge < -0.3 is 15.0 Å². The first-order valence-electron chi connectivity index (χ1n) is 7.84. The minimum atomic E-state index is -0.185. The lowest BCUT2D eigenvalue weighted by atomic mass is 10.1. The molecule has 7 heteroatoms. The van der Waals surface area contributed by atoms with Crippen LogP contribution in [0.3, 0.4) is 0 Å². The third-order valence-corrected chi connectivity index (χ3v) is 5.06. The summed E-state index contributed by atoms with van der Waals surface area (Å²) in [5.41, 5.74) is 2.52. The van der Waals surface area contributed by atoms with Crippen LogP contribution in [0, 0.1) is 0 Å². The van der Waals surface area contributed by atoms with E-state index in [-0.39, 0.29) is 6.10 Å². The molecule has 0 unspecified atom stereocenters. The number of fused-ring (bicyclic) bond motifs is 1. The number of aliphatic hydroxyl groups is 1. The molecule has 5 nitrogen and oxygen atoms in total. The number of aromatic amines is 1. The number of benzene rings is 1. The molecule has 1 aliphatic rings. The highest BCUT2D eigenvalue weighted by Crippen LogP contribution is 2.29. The number of aliphatic hydroxyl groups excluding tert-OH is 1. The Balaban J connectivity index is 1.60. The highest BCUT2D eigenvalue weighted by molar-refractivity contribution is 6.42. The van der Waals surface area contributed by atoms with Crippen molar-refractivity contribution in [2.75, 3.05) is 18.0 Å². The molecule has 124 valence electrons. The van der Waals surface area contributed by atoms with Gasteiger partial charge >= 0.3 is 0 Å². The van der Waals surface area contributed by atoms with Crippen molar-refractivity contribution in [3.8, 4) is 11.4 Å². The molecule has 0 aliphatic carbocycles. The van der Waals surface area contributed by atoms with Crippen molar-refractivity contribution in [2.45, 2.75) is 18.9 Å². The number of H-pyrrole nitrogens is 1. The molecule has 1 fully saturated rings. The number of aromatic nitrogens is 3. The quantitative estimate of drug-likeness (QED) is 0.725. The third-order valence-electron chi connectivity index (χ3n) is 4.33. The van der Waals surface area contributed by atoms with Crippen molar-refractivity contribution in [1.82, 2.24) is 15.0 Å². The molecule has 3 aromatic rings. The van der Waals surface area contributed by atoms with Crippen LogP contribution < -0.4 is 4.90 Å². The van der Waals surface area contributed by atoms with Crippen molar-refractivity contribution in [3.05, 3.63) is 40.5 Å². The minimum Gasteiger partial charge on any atom is -0.393 e. The van der Waals surface area contributed by atoms with Crippen LogP contribution in [-0.4, -0.2) is 39.3 Å². The van der Waals surface area contributed by atoms with Gasteiger partial charge in [-0.3, -0.25) is 0 Å². The summed E-state index contributed by atoms with van der Waals surface area (Å²) in [6.07, 6.45) is 3.19. The Morgan fingerprint density at radius 3 is 2.58 bits per heavy atom. The Bertz CT molecular complexity index is 831. The molecule has 1 aliphatic heterocycles. The molecule has 4 rings (SSSR count). The van der Waals surface area contributed by atoms with Gasteiger partial charge in [0.1, 0.15) is 11.6 Å². The number of hydrogen-bond donors (Lipinski definition) is 2. The van der Waals surface area contributed by atoms with Crippen molar-refractivity contribution in [2.24, 2.45) is 0 Å². The highest BCUT2D eigenvalue weighted by atomic mass is 35.5. The summed E-state index contributed by atoms with van der Waals surface area (Å²) >= 11 is 12.1. The van der Waals surface area contributed by atoms with E-state index in [2.05, 4.69) is 19.9 Å². The van der Waals surface area contributed by atoms with E-state index in [1.165, 1.54) is 0 Å². The van der Waals surface area contributed by atoms with Gasteiger partial charge in [-0.15, -0.1) is 0 Å². The minimum absolute atomic E-state index is 0.185. The molecular weight excluding hydrogens is 347 g/mol. The zero-order valence-corrected chi connectivity index (χ0v) is 14.3. The first kappa shape index (κ1) is 15.7. The van der Waals surface area contributed by atoms with Crippen LogP contribution >= 0.6 is 23.2 Å². The number of anilines is 1. The fourth-order valence-corrected chi connectivity index (χ4v) is 3.27. The van der Waals surface area contributed by atoms with Crippen LogP contribution in [0.4, 0.5) is 5.82 Å². The van der Waals surface area contributed by atoms with E-state index in [1.807, 2.05) is 12.1 Å². The average Bonchev–Trinajstić information content (AvgIpc) is 2.99. The van der Waals surface area contributed by atoms with Crippen molar-refractivity contribution < 1.29 is 5.11 Å². The van der Waals surface area contributed by atoms with Crippen LogP contribution in [0.25, 0.3) is 22.4 Å². The molecule has 1 saturated heterocycles. The zero-order chi connectivity index (χ0) is 16.7. The first-order valence-corrected chi connectivity index (χ1v) is 8.60. The molecule has 1 aromatic carbocycles. The molecule has 0 bridgehead atoms. The van der Waals surface area contributed by atoms with Gasteiger partial charge in [-0.25, -0.2) is 9.97 Å². The van der Waals surface area contributed by atoms with Crippen LogP contribution in [0.15, 0.2) is 30.5 Å². The zero-order valence-electron chi connectivity index (χ0n) is 12.8. The fraction of sp³-hybridized carbons (Fsp3) is 0.294. The molecule has 2 N–H and O–H groups in total. The smallest absolute Gasteiger partial charge is 0.140 e. The maximum atomic E-state index is 9.60. The maximum absolute atomic E-state index is 9.60. The van der Waals surface area contributed by atoms with E-state index in [4.69, 9.17) is 23.2 Å². The van der Waals surface area contributed by atoms with E-state index in [9.17, 15) is 5.11 Å². The summed E-state index contributed by atoms with van der Waals surface area (Å²) in [4.78, 5) is 14.5. The predicted octanol–water partition coefficient (Wildman–Crippen LogP) is 3.89. The predicted molar refractivity (Wildman–Crippen MR) is 96.8 cm³/mol. The molecule has 0 radical (unpaired) electrons. The van der Waals surface area contributed by atoms with Crippen LogP contribution in [-0.2, 0) is 0 Å². The lowest BCUT2D eigenvalue weighted by Crippen LogP contribution is -2.36. The van der Waals surface area contributed by atoms with E-state index in [0.717, 1.165) is 54.2 Å². The summed E-state index contributed by atoms with van der Waals surface area (Å²) in [7, 11) is 0. The SMILES string of the molecule is OC1CCN(c2ccc(-c3nc4cc(Cl)c(Cl)cc4[nH]3)cn2)CC1. The number of halogens is 2. The number of nitrogens with zero attached hydrogens (tertiary/aromatic N) is 3. The monoisotopic (exact) mass is 362 g/mol. The molecule has 24 heavy (non-hydrogen) atoms. The van der Waals surface area contributed by atoms with E-state index in [0.29, 0.717) is 10.0 Å². The van der Waals surface area contributed by atoms with Gasteiger partial charge in [0.25, 0.3) is 0 Å². The average molecular weight is 363 g/mol. The summed E-state index contributed by atoms with van der Waals surface area (Å²) in [5.74, 6) is 1.66. The summed E-state index contributed by atoms with van der Waals surface area (Å²) in [6, 6.07) is 7.51. The molecular formula is C17H16Cl2N4O. The van der Waals surface area contributed by atoms with E-state index in [1.54, 1.807) is 18.3 Å². The Morgan fingerprint density at radius 1 is 1.12 bits per heavy atom. The van der Waals surface area contributed by atoms with Gasteiger partial charge in [0, 0.05) is 24.8 Å². The lowest BCUT2D eigenvalue weighted by Gasteiger charge is -2.30.